The molecule has 4 heteroatoms. The molecule has 72 valence electrons. The lowest BCUT2D eigenvalue weighted by molar-refractivity contribution is 0.194. The molecule has 13 heavy (non-hydrogen) atoms. The van der Waals surface area contributed by atoms with Gasteiger partial charge in [0.2, 0.25) is 0 Å². The highest BCUT2D eigenvalue weighted by atomic mass is 35.5. The Morgan fingerprint density at radius 2 is 2.46 bits per heavy atom. The number of amidine groups is 1. The molecule has 0 aromatic heterocycles. The molecule has 0 aromatic rings. The molecule has 0 radical (unpaired) electrons. The number of rotatable bonds is 3. The van der Waals surface area contributed by atoms with Crippen LogP contribution in [0.4, 0.5) is 0 Å². The highest BCUT2D eigenvalue weighted by molar-refractivity contribution is 6.64. The van der Waals surface area contributed by atoms with E-state index < -0.39 is 0 Å². The zero-order valence-corrected chi connectivity index (χ0v) is 8.59. The lowest BCUT2D eigenvalue weighted by Crippen LogP contribution is -2.44. The van der Waals surface area contributed by atoms with Crippen LogP contribution in [0.5, 0.6) is 0 Å². The summed E-state index contributed by atoms with van der Waals surface area (Å²) in [5.41, 5.74) is 0. The third-order valence-electron chi connectivity index (χ3n) is 1.84. The van der Waals surface area contributed by atoms with E-state index >= 15 is 0 Å². The van der Waals surface area contributed by atoms with E-state index in [1.54, 1.807) is 0 Å². The predicted octanol–water partition coefficient (Wildman–Crippen LogP) is 1.16. The molecule has 0 spiro atoms. The molecule has 0 N–H and O–H groups in total. The summed E-state index contributed by atoms with van der Waals surface area (Å²) in [6, 6.07) is 0. The third kappa shape index (κ3) is 2.91. The highest BCUT2D eigenvalue weighted by Crippen LogP contribution is 2.07. The molecule has 1 aliphatic heterocycles. The fraction of sp³-hybridized carbons (Fsp3) is 0.667. The van der Waals surface area contributed by atoms with Gasteiger partial charge in [-0.3, -0.25) is 4.90 Å². The van der Waals surface area contributed by atoms with Crippen LogP contribution in [0.3, 0.4) is 0 Å². The van der Waals surface area contributed by atoms with E-state index in [9.17, 15) is 0 Å². The van der Waals surface area contributed by atoms with Crippen molar-refractivity contribution in [3.8, 4) is 12.3 Å². The molecular weight excluding hydrogens is 186 g/mol. The summed E-state index contributed by atoms with van der Waals surface area (Å²) in [5, 5.41) is 0.607. The smallest absolute Gasteiger partial charge is 0.196 e. The normalized spacial score (nSPS) is 18.2. The maximum absolute atomic E-state index is 5.92. The van der Waals surface area contributed by atoms with Gasteiger partial charge in [0.1, 0.15) is 0 Å². The fourth-order valence-electron chi connectivity index (χ4n) is 1.26. The van der Waals surface area contributed by atoms with Crippen molar-refractivity contribution in [2.24, 2.45) is 4.99 Å². The second kappa shape index (κ2) is 5.11. The summed E-state index contributed by atoms with van der Waals surface area (Å²) in [5.74, 6) is 2.60. The number of terminal acetylenes is 1. The van der Waals surface area contributed by atoms with Crippen LogP contribution in [0, 0.1) is 12.3 Å². The molecule has 0 bridgehead atoms. The molecule has 0 amide bonds. The maximum Gasteiger partial charge on any atom is 0.196 e. The summed E-state index contributed by atoms with van der Waals surface area (Å²) in [4.78, 5) is 8.27. The number of aliphatic imine (C=N–C) groups is 1. The van der Waals surface area contributed by atoms with Crippen molar-refractivity contribution < 1.29 is 0 Å². The predicted molar refractivity (Wildman–Crippen MR) is 55.6 cm³/mol. The van der Waals surface area contributed by atoms with Crippen LogP contribution in [0.15, 0.2) is 4.99 Å². The van der Waals surface area contributed by atoms with Crippen LogP contribution in [-0.2, 0) is 0 Å². The van der Waals surface area contributed by atoms with E-state index in [1.807, 2.05) is 4.90 Å². The lowest BCUT2D eigenvalue weighted by Gasteiger charge is -2.32. The molecule has 1 rings (SSSR count). The molecule has 0 unspecified atom stereocenters. The Kier molecular flexibility index (Phi) is 4.07. The van der Waals surface area contributed by atoms with Gasteiger partial charge in [-0.05, 0) is 18.0 Å². The number of halogens is 1. The Morgan fingerprint density at radius 3 is 3.08 bits per heavy atom. The standard InChI is InChI=1S/C9H14ClN3/c1-3-5-12-7-11-9(10)13(8-12)6-4-2/h1H,4-8H2,2H3. The molecule has 3 nitrogen and oxygen atoms in total. The van der Waals surface area contributed by atoms with Gasteiger partial charge in [0, 0.05) is 6.54 Å². The number of hydrogen-bond donors (Lipinski definition) is 0. The van der Waals surface area contributed by atoms with E-state index in [-0.39, 0.29) is 0 Å². The molecule has 0 saturated heterocycles. The van der Waals surface area contributed by atoms with Crippen molar-refractivity contribution in [2.45, 2.75) is 13.3 Å². The van der Waals surface area contributed by atoms with E-state index in [1.165, 1.54) is 0 Å². The summed E-state index contributed by atoms with van der Waals surface area (Å²) >= 11 is 5.92. The quantitative estimate of drug-likeness (QED) is 0.502. The second-order valence-corrected chi connectivity index (χ2v) is 3.34. The largest absolute Gasteiger partial charge is 0.334 e. The Morgan fingerprint density at radius 1 is 1.69 bits per heavy atom. The lowest BCUT2D eigenvalue weighted by atomic mass is 10.4. The van der Waals surface area contributed by atoms with Crippen LogP contribution >= 0.6 is 11.6 Å². The second-order valence-electron chi connectivity index (χ2n) is 3.01. The minimum absolute atomic E-state index is 0.607. The molecule has 0 aromatic carbocycles. The number of hydrogen-bond acceptors (Lipinski definition) is 3. The van der Waals surface area contributed by atoms with Crippen molar-refractivity contribution in [3.05, 3.63) is 0 Å². The Labute approximate surface area is 84.4 Å². The topological polar surface area (TPSA) is 18.8 Å². The van der Waals surface area contributed by atoms with Gasteiger partial charge in [-0.1, -0.05) is 12.8 Å². The first kappa shape index (κ1) is 10.4. The zero-order chi connectivity index (χ0) is 9.68. The van der Waals surface area contributed by atoms with Crippen LogP contribution in [-0.4, -0.2) is 41.5 Å². The van der Waals surface area contributed by atoms with Crippen LogP contribution in [0.2, 0.25) is 0 Å². The first-order valence-electron chi connectivity index (χ1n) is 4.38. The monoisotopic (exact) mass is 199 g/mol. The number of nitrogens with zero attached hydrogens (tertiary/aromatic N) is 3. The van der Waals surface area contributed by atoms with Crippen LogP contribution in [0.1, 0.15) is 13.3 Å². The molecule has 0 aliphatic carbocycles. The van der Waals surface area contributed by atoms with Gasteiger partial charge in [0.25, 0.3) is 0 Å². The van der Waals surface area contributed by atoms with Crippen molar-refractivity contribution in [2.75, 3.05) is 26.4 Å². The van der Waals surface area contributed by atoms with Crippen molar-refractivity contribution in [1.29, 1.82) is 0 Å². The first-order chi connectivity index (χ1) is 6.27. The van der Waals surface area contributed by atoms with Crippen molar-refractivity contribution in [3.63, 3.8) is 0 Å². The van der Waals surface area contributed by atoms with E-state index in [2.05, 4.69) is 22.7 Å². The van der Waals surface area contributed by atoms with Gasteiger partial charge in [0.15, 0.2) is 5.29 Å². The molecule has 0 fully saturated rings. The molecule has 0 saturated carbocycles. The average Bonchev–Trinajstić information content (AvgIpc) is 2.12. The first-order valence-corrected chi connectivity index (χ1v) is 4.76. The zero-order valence-electron chi connectivity index (χ0n) is 7.83. The molecule has 0 atom stereocenters. The van der Waals surface area contributed by atoms with Gasteiger partial charge in [-0.15, -0.1) is 6.42 Å². The van der Waals surface area contributed by atoms with Gasteiger partial charge >= 0.3 is 0 Å². The maximum atomic E-state index is 5.92. The minimum atomic E-state index is 0.607. The molecule has 1 aliphatic rings. The van der Waals surface area contributed by atoms with Crippen LogP contribution in [0.25, 0.3) is 0 Å². The molecular formula is C9H14ClN3. The molecule has 1 heterocycles. The van der Waals surface area contributed by atoms with Gasteiger partial charge < -0.3 is 4.90 Å². The van der Waals surface area contributed by atoms with E-state index in [4.69, 9.17) is 18.0 Å². The van der Waals surface area contributed by atoms with Crippen LogP contribution < -0.4 is 0 Å². The van der Waals surface area contributed by atoms with Crippen molar-refractivity contribution in [1.82, 2.24) is 9.80 Å². The minimum Gasteiger partial charge on any atom is -0.334 e. The summed E-state index contributed by atoms with van der Waals surface area (Å²) < 4.78 is 0. The average molecular weight is 200 g/mol. The Bertz CT molecular complexity index is 232. The van der Waals surface area contributed by atoms with E-state index in [0.29, 0.717) is 18.5 Å². The fourth-order valence-corrected chi connectivity index (χ4v) is 1.46. The highest BCUT2D eigenvalue weighted by Gasteiger charge is 2.17. The SMILES string of the molecule is C#CCN1CN=C(Cl)N(CCC)C1. The van der Waals surface area contributed by atoms with Gasteiger partial charge in [-0.25, -0.2) is 4.99 Å². The Hall–Kier alpha value is -0.720. The Balaban J connectivity index is 2.51. The van der Waals surface area contributed by atoms with Gasteiger partial charge in [0.05, 0.1) is 19.9 Å². The van der Waals surface area contributed by atoms with Gasteiger partial charge in [-0.2, -0.15) is 0 Å². The van der Waals surface area contributed by atoms with Crippen molar-refractivity contribution >= 4 is 16.9 Å². The van der Waals surface area contributed by atoms with E-state index in [0.717, 1.165) is 19.6 Å². The summed E-state index contributed by atoms with van der Waals surface area (Å²) in [6.45, 7) is 5.09. The third-order valence-corrected chi connectivity index (χ3v) is 2.20. The summed E-state index contributed by atoms with van der Waals surface area (Å²) in [7, 11) is 0. The summed E-state index contributed by atoms with van der Waals surface area (Å²) in [6.07, 6.45) is 6.29.